The highest BCUT2D eigenvalue weighted by molar-refractivity contribution is 6.00. The number of para-hydroxylation sites is 2. The van der Waals surface area contributed by atoms with Gasteiger partial charge in [0, 0.05) is 0 Å². The Labute approximate surface area is 95.8 Å². The molecule has 3 heteroatoms. The number of rotatable bonds is 5. The molecule has 0 saturated heterocycles. The fourth-order valence-electron chi connectivity index (χ4n) is 1.27. The smallest absolute Gasteiger partial charge is 0.248 e. The van der Waals surface area contributed by atoms with E-state index in [0.29, 0.717) is 5.69 Å². The molecule has 0 saturated carbocycles. The molecule has 3 nitrogen and oxygen atoms in total. The summed E-state index contributed by atoms with van der Waals surface area (Å²) < 4.78 is 0. The van der Waals surface area contributed by atoms with Crippen LogP contribution in [0.3, 0.4) is 0 Å². The molecule has 0 aromatic heterocycles. The number of phenolic OH excluding ortho intramolecular Hbond substituents is 1. The first-order valence-corrected chi connectivity index (χ1v) is 5.49. The molecule has 0 radical (unpaired) electrons. The van der Waals surface area contributed by atoms with Crippen LogP contribution in [0, 0.1) is 0 Å². The van der Waals surface area contributed by atoms with E-state index in [1.165, 1.54) is 12.1 Å². The Bertz CT molecular complexity index is 372. The van der Waals surface area contributed by atoms with Crippen LogP contribution in [-0.4, -0.2) is 11.0 Å². The Morgan fingerprint density at radius 3 is 2.88 bits per heavy atom. The third-order valence-corrected chi connectivity index (χ3v) is 2.16. The minimum atomic E-state index is -0.211. The van der Waals surface area contributed by atoms with Crippen LogP contribution >= 0.6 is 0 Å². The van der Waals surface area contributed by atoms with Gasteiger partial charge in [0.25, 0.3) is 0 Å². The van der Waals surface area contributed by atoms with Gasteiger partial charge in [-0.25, -0.2) is 0 Å². The number of phenols is 1. The Morgan fingerprint density at radius 1 is 1.44 bits per heavy atom. The lowest BCUT2D eigenvalue weighted by molar-refractivity contribution is -0.111. The minimum Gasteiger partial charge on any atom is -0.506 e. The fourth-order valence-corrected chi connectivity index (χ4v) is 1.27. The third-order valence-electron chi connectivity index (χ3n) is 2.16. The lowest BCUT2D eigenvalue weighted by Gasteiger charge is -2.03. The number of anilines is 1. The number of hydrogen-bond donors (Lipinski definition) is 2. The number of aromatic hydroxyl groups is 1. The van der Waals surface area contributed by atoms with E-state index in [1.54, 1.807) is 18.2 Å². The van der Waals surface area contributed by atoms with E-state index in [2.05, 4.69) is 12.2 Å². The highest BCUT2D eigenvalue weighted by atomic mass is 16.3. The Balaban J connectivity index is 2.46. The monoisotopic (exact) mass is 219 g/mol. The number of carbonyl (C=O) groups is 1. The van der Waals surface area contributed by atoms with Gasteiger partial charge in [-0.3, -0.25) is 4.79 Å². The predicted octanol–water partition coefficient (Wildman–Crippen LogP) is 3.08. The first-order chi connectivity index (χ1) is 7.74. The first kappa shape index (κ1) is 12.3. The summed E-state index contributed by atoms with van der Waals surface area (Å²) in [5.74, 6) is -0.129. The van der Waals surface area contributed by atoms with Gasteiger partial charge in [-0.2, -0.15) is 0 Å². The van der Waals surface area contributed by atoms with Crippen molar-refractivity contribution in [3.05, 3.63) is 36.4 Å². The Morgan fingerprint density at radius 2 is 2.19 bits per heavy atom. The van der Waals surface area contributed by atoms with Crippen LogP contribution in [0.5, 0.6) is 5.75 Å². The van der Waals surface area contributed by atoms with E-state index >= 15 is 0 Å². The van der Waals surface area contributed by atoms with Crippen LogP contribution in [-0.2, 0) is 4.79 Å². The molecule has 1 aromatic rings. The molecule has 0 heterocycles. The minimum absolute atomic E-state index is 0.0813. The van der Waals surface area contributed by atoms with E-state index in [9.17, 15) is 9.90 Å². The summed E-state index contributed by atoms with van der Waals surface area (Å²) in [5, 5.41) is 12.0. The second-order valence-corrected chi connectivity index (χ2v) is 3.55. The molecule has 1 aromatic carbocycles. The van der Waals surface area contributed by atoms with Gasteiger partial charge >= 0.3 is 0 Å². The van der Waals surface area contributed by atoms with Gasteiger partial charge in [0.1, 0.15) is 5.75 Å². The van der Waals surface area contributed by atoms with E-state index < -0.39 is 0 Å². The van der Waals surface area contributed by atoms with Crippen LogP contribution in [0.15, 0.2) is 36.4 Å². The zero-order valence-corrected chi connectivity index (χ0v) is 9.44. The van der Waals surface area contributed by atoms with Crippen molar-refractivity contribution in [1.29, 1.82) is 0 Å². The van der Waals surface area contributed by atoms with E-state index in [0.717, 1.165) is 19.3 Å². The molecule has 86 valence electrons. The summed E-state index contributed by atoms with van der Waals surface area (Å²) in [7, 11) is 0. The summed E-state index contributed by atoms with van der Waals surface area (Å²) in [5.41, 5.74) is 0.438. The standard InChI is InChI=1S/C13H17NO2/c1-2-3-4-5-10-13(16)14-11-8-6-7-9-12(11)15/h5-10,15H,2-4H2,1H3,(H,14,16)/b10-5+. The quantitative estimate of drug-likeness (QED) is 0.454. The van der Waals surface area contributed by atoms with Gasteiger partial charge in [-0.05, 0) is 24.6 Å². The summed E-state index contributed by atoms with van der Waals surface area (Å²) in [6, 6.07) is 6.67. The number of allylic oxidation sites excluding steroid dienone is 1. The summed E-state index contributed by atoms with van der Waals surface area (Å²) >= 11 is 0. The number of nitrogens with one attached hydrogen (secondary N) is 1. The van der Waals surface area contributed by atoms with E-state index in [1.807, 2.05) is 6.08 Å². The molecule has 16 heavy (non-hydrogen) atoms. The third kappa shape index (κ3) is 4.17. The van der Waals surface area contributed by atoms with Crippen LogP contribution < -0.4 is 5.32 Å². The Kier molecular flexibility index (Phi) is 5.12. The molecule has 0 aliphatic carbocycles. The molecule has 1 amide bonds. The van der Waals surface area contributed by atoms with Crippen LogP contribution in [0.1, 0.15) is 26.2 Å². The van der Waals surface area contributed by atoms with Crippen molar-refractivity contribution in [2.45, 2.75) is 26.2 Å². The zero-order chi connectivity index (χ0) is 11.8. The summed E-state index contributed by atoms with van der Waals surface area (Å²) in [6.45, 7) is 2.11. The SMILES string of the molecule is CCCC/C=C/C(=O)Nc1ccccc1O. The normalized spacial score (nSPS) is 10.6. The second kappa shape index (κ2) is 6.67. The maximum Gasteiger partial charge on any atom is 0.248 e. The van der Waals surface area contributed by atoms with Gasteiger partial charge < -0.3 is 10.4 Å². The average molecular weight is 219 g/mol. The van der Waals surface area contributed by atoms with Gasteiger partial charge in [-0.15, -0.1) is 0 Å². The largest absolute Gasteiger partial charge is 0.506 e. The molecule has 2 N–H and O–H groups in total. The molecule has 1 rings (SSSR count). The van der Waals surface area contributed by atoms with Crippen molar-refractivity contribution in [2.75, 3.05) is 5.32 Å². The fraction of sp³-hybridized carbons (Fsp3) is 0.308. The van der Waals surface area contributed by atoms with Gasteiger partial charge in [0.05, 0.1) is 5.69 Å². The molecule has 0 aliphatic rings. The molecule has 0 spiro atoms. The molecule has 0 bridgehead atoms. The van der Waals surface area contributed by atoms with Crippen molar-refractivity contribution in [3.8, 4) is 5.75 Å². The van der Waals surface area contributed by atoms with Gasteiger partial charge in [0.15, 0.2) is 0 Å². The number of carbonyl (C=O) groups excluding carboxylic acids is 1. The van der Waals surface area contributed by atoms with Crippen molar-refractivity contribution >= 4 is 11.6 Å². The number of benzene rings is 1. The zero-order valence-electron chi connectivity index (χ0n) is 9.44. The molecule has 0 aliphatic heterocycles. The highest BCUT2D eigenvalue weighted by Crippen LogP contribution is 2.21. The van der Waals surface area contributed by atoms with E-state index in [4.69, 9.17) is 0 Å². The van der Waals surface area contributed by atoms with Crippen molar-refractivity contribution in [1.82, 2.24) is 0 Å². The van der Waals surface area contributed by atoms with Crippen molar-refractivity contribution in [2.24, 2.45) is 0 Å². The van der Waals surface area contributed by atoms with Crippen LogP contribution in [0.2, 0.25) is 0 Å². The maximum absolute atomic E-state index is 11.4. The lowest BCUT2D eigenvalue weighted by Crippen LogP contribution is -2.07. The van der Waals surface area contributed by atoms with E-state index in [-0.39, 0.29) is 11.7 Å². The lowest BCUT2D eigenvalue weighted by atomic mass is 10.2. The molecule has 0 atom stereocenters. The maximum atomic E-state index is 11.4. The van der Waals surface area contributed by atoms with Gasteiger partial charge in [-0.1, -0.05) is 38.0 Å². The molecule has 0 fully saturated rings. The highest BCUT2D eigenvalue weighted by Gasteiger charge is 2.01. The Hall–Kier alpha value is -1.77. The van der Waals surface area contributed by atoms with Gasteiger partial charge in [0.2, 0.25) is 5.91 Å². The number of amides is 1. The summed E-state index contributed by atoms with van der Waals surface area (Å²) in [6.07, 6.45) is 6.46. The second-order valence-electron chi connectivity index (χ2n) is 3.55. The topological polar surface area (TPSA) is 49.3 Å². The van der Waals surface area contributed by atoms with Crippen LogP contribution in [0.25, 0.3) is 0 Å². The van der Waals surface area contributed by atoms with Crippen LogP contribution in [0.4, 0.5) is 5.69 Å². The first-order valence-electron chi connectivity index (χ1n) is 5.49. The van der Waals surface area contributed by atoms with Crippen molar-refractivity contribution < 1.29 is 9.90 Å². The number of hydrogen-bond acceptors (Lipinski definition) is 2. The molecular formula is C13H17NO2. The number of unbranched alkanes of at least 4 members (excludes halogenated alkanes) is 2. The predicted molar refractivity (Wildman–Crippen MR) is 65.4 cm³/mol. The summed E-state index contributed by atoms with van der Waals surface area (Å²) in [4.78, 5) is 11.4. The van der Waals surface area contributed by atoms with Crippen molar-refractivity contribution in [3.63, 3.8) is 0 Å². The average Bonchev–Trinajstić information content (AvgIpc) is 2.28. The molecule has 0 unspecified atom stereocenters. The molecular weight excluding hydrogens is 202 g/mol.